The van der Waals surface area contributed by atoms with E-state index in [0.717, 1.165) is 35.2 Å². The summed E-state index contributed by atoms with van der Waals surface area (Å²) in [6, 6.07) is 11.2. The van der Waals surface area contributed by atoms with Gasteiger partial charge in [-0.25, -0.2) is 0 Å². The Bertz CT molecular complexity index is 765. The molecule has 0 fully saturated rings. The number of halogens is 1. The van der Waals surface area contributed by atoms with Crippen LogP contribution in [0.1, 0.15) is 37.0 Å². The molecule has 0 aliphatic rings. The van der Waals surface area contributed by atoms with E-state index in [2.05, 4.69) is 10.6 Å². The molecular weight excluding hydrogens is 336 g/mol. The van der Waals surface area contributed by atoms with Gasteiger partial charge in [-0.3, -0.25) is 9.59 Å². The van der Waals surface area contributed by atoms with Gasteiger partial charge in [-0.1, -0.05) is 49.7 Å². The van der Waals surface area contributed by atoms with Crippen LogP contribution < -0.4 is 10.6 Å². The van der Waals surface area contributed by atoms with Gasteiger partial charge in [-0.15, -0.1) is 0 Å². The monoisotopic (exact) mass is 358 g/mol. The van der Waals surface area contributed by atoms with Gasteiger partial charge in [0.05, 0.1) is 0 Å². The number of hydrogen-bond donors (Lipinski definition) is 2. The fraction of sp³-hybridized carbons (Fsp3) is 0.300. The molecule has 0 saturated carbocycles. The fourth-order valence-corrected chi connectivity index (χ4v) is 2.84. The highest BCUT2D eigenvalue weighted by Crippen LogP contribution is 2.24. The summed E-state index contributed by atoms with van der Waals surface area (Å²) in [4.78, 5) is 24.5. The van der Waals surface area contributed by atoms with Crippen LogP contribution >= 0.6 is 11.6 Å². The summed E-state index contributed by atoms with van der Waals surface area (Å²) in [5, 5.41) is 6.21. The van der Waals surface area contributed by atoms with Crippen molar-refractivity contribution < 1.29 is 9.59 Å². The average molecular weight is 359 g/mol. The zero-order valence-electron chi connectivity index (χ0n) is 14.8. The quantitative estimate of drug-likeness (QED) is 0.732. The van der Waals surface area contributed by atoms with Crippen molar-refractivity contribution in [3.8, 4) is 0 Å². The molecule has 2 N–H and O–H groups in total. The van der Waals surface area contributed by atoms with Crippen molar-refractivity contribution in [2.45, 2.75) is 40.0 Å². The molecule has 0 saturated heterocycles. The zero-order valence-corrected chi connectivity index (χ0v) is 15.5. The lowest BCUT2D eigenvalue weighted by molar-refractivity contribution is -0.123. The van der Waals surface area contributed by atoms with Gasteiger partial charge in [0, 0.05) is 16.4 Å². The maximum atomic E-state index is 12.3. The number of rotatable bonds is 6. The summed E-state index contributed by atoms with van der Waals surface area (Å²) in [5.41, 5.74) is 4.36. The number of nitrogens with one attached hydrogen (secondary N) is 2. The first-order valence-corrected chi connectivity index (χ1v) is 8.79. The highest BCUT2D eigenvalue weighted by atomic mass is 35.5. The first kappa shape index (κ1) is 19.0. The van der Waals surface area contributed by atoms with E-state index >= 15 is 0 Å². The molecule has 0 aromatic heterocycles. The maximum Gasteiger partial charge on any atom is 0.233 e. The average Bonchev–Trinajstić information content (AvgIpc) is 2.59. The van der Waals surface area contributed by atoms with E-state index in [4.69, 9.17) is 11.6 Å². The number of carbonyl (C=O) groups excluding carboxylic acids is 2. The highest BCUT2D eigenvalue weighted by Gasteiger charge is 2.14. The predicted molar refractivity (Wildman–Crippen MR) is 103 cm³/mol. The van der Waals surface area contributed by atoms with Crippen LogP contribution in [0.5, 0.6) is 0 Å². The van der Waals surface area contributed by atoms with Crippen LogP contribution in [0.25, 0.3) is 0 Å². The van der Waals surface area contributed by atoms with Crippen molar-refractivity contribution in [2.24, 2.45) is 0 Å². The van der Waals surface area contributed by atoms with E-state index < -0.39 is 0 Å². The molecule has 2 aromatic rings. The summed E-state index contributed by atoms with van der Waals surface area (Å²) in [6.45, 7) is 5.90. The Morgan fingerprint density at radius 3 is 2.08 bits per heavy atom. The van der Waals surface area contributed by atoms with Crippen LogP contribution in [0.15, 0.2) is 36.4 Å². The Hall–Kier alpha value is -2.33. The van der Waals surface area contributed by atoms with E-state index in [1.54, 1.807) is 18.2 Å². The third-order valence-electron chi connectivity index (χ3n) is 4.13. The number of benzene rings is 2. The van der Waals surface area contributed by atoms with E-state index in [9.17, 15) is 9.59 Å². The molecule has 2 aromatic carbocycles. The van der Waals surface area contributed by atoms with Gasteiger partial charge < -0.3 is 10.6 Å². The lowest BCUT2D eigenvalue weighted by Crippen LogP contribution is -2.22. The maximum absolute atomic E-state index is 12.3. The van der Waals surface area contributed by atoms with Crippen LogP contribution in [-0.4, -0.2) is 11.8 Å². The second-order valence-electron chi connectivity index (χ2n) is 5.84. The highest BCUT2D eigenvalue weighted by molar-refractivity contribution is 6.31. The lowest BCUT2D eigenvalue weighted by atomic mass is 10.0. The second kappa shape index (κ2) is 8.67. The van der Waals surface area contributed by atoms with Crippen molar-refractivity contribution in [3.63, 3.8) is 0 Å². The SMILES string of the molecule is CCc1cccc(CC)c1NC(=O)CC(=O)Nc1cccc(Cl)c1C. The van der Waals surface area contributed by atoms with Gasteiger partial charge >= 0.3 is 0 Å². The molecule has 25 heavy (non-hydrogen) atoms. The topological polar surface area (TPSA) is 58.2 Å². The Balaban J connectivity index is 2.05. The molecule has 0 aliphatic heterocycles. The normalized spacial score (nSPS) is 10.4. The molecule has 4 nitrogen and oxygen atoms in total. The van der Waals surface area contributed by atoms with Gasteiger partial charge in [-0.05, 0) is 48.6 Å². The predicted octanol–water partition coefficient (Wildman–Crippen LogP) is 4.74. The number of hydrogen-bond acceptors (Lipinski definition) is 2. The van der Waals surface area contributed by atoms with Crippen molar-refractivity contribution in [3.05, 3.63) is 58.1 Å². The molecule has 5 heteroatoms. The van der Waals surface area contributed by atoms with Crippen molar-refractivity contribution in [2.75, 3.05) is 10.6 Å². The molecule has 0 unspecified atom stereocenters. The number of amides is 2. The number of anilines is 2. The fourth-order valence-electron chi connectivity index (χ4n) is 2.67. The molecule has 0 spiro atoms. The second-order valence-corrected chi connectivity index (χ2v) is 6.25. The molecule has 0 atom stereocenters. The molecule has 132 valence electrons. The molecular formula is C20H23ClN2O2. The molecule has 2 rings (SSSR count). The summed E-state index contributed by atoms with van der Waals surface area (Å²) in [5.74, 6) is -0.692. The molecule has 0 aliphatic carbocycles. The van der Waals surface area contributed by atoms with Gasteiger partial charge in [0.25, 0.3) is 0 Å². The van der Waals surface area contributed by atoms with Gasteiger partial charge in [0.15, 0.2) is 0 Å². The molecule has 0 bridgehead atoms. The van der Waals surface area contributed by atoms with Gasteiger partial charge in [0.1, 0.15) is 6.42 Å². The van der Waals surface area contributed by atoms with Crippen molar-refractivity contribution >= 4 is 34.8 Å². The summed E-state index contributed by atoms with van der Waals surface area (Å²) in [6.07, 6.45) is 1.39. The van der Waals surface area contributed by atoms with E-state index in [1.165, 1.54) is 0 Å². The Morgan fingerprint density at radius 2 is 1.48 bits per heavy atom. The Kier molecular flexibility index (Phi) is 6.59. The number of aryl methyl sites for hydroxylation is 2. The lowest BCUT2D eigenvalue weighted by Gasteiger charge is -2.14. The van der Waals surface area contributed by atoms with E-state index in [1.807, 2.05) is 39.0 Å². The first-order valence-electron chi connectivity index (χ1n) is 8.41. The molecule has 2 amide bonds. The van der Waals surface area contributed by atoms with Crippen LogP contribution in [0.2, 0.25) is 5.02 Å². The number of para-hydroxylation sites is 1. The van der Waals surface area contributed by atoms with Crippen molar-refractivity contribution in [1.82, 2.24) is 0 Å². The zero-order chi connectivity index (χ0) is 18.4. The smallest absolute Gasteiger partial charge is 0.233 e. The van der Waals surface area contributed by atoms with Gasteiger partial charge in [0.2, 0.25) is 11.8 Å². The third-order valence-corrected chi connectivity index (χ3v) is 4.54. The minimum absolute atomic E-state index is 0.243. The van der Waals surface area contributed by atoms with Crippen LogP contribution in [0, 0.1) is 6.92 Å². The standard InChI is InChI=1S/C20H23ClN2O2/c1-4-14-8-6-9-15(5-2)20(14)23-19(25)12-18(24)22-17-11-7-10-16(21)13(17)3/h6-11H,4-5,12H2,1-3H3,(H,22,24)(H,23,25). The Morgan fingerprint density at radius 1 is 0.920 bits per heavy atom. The largest absolute Gasteiger partial charge is 0.325 e. The van der Waals surface area contributed by atoms with Crippen LogP contribution in [0.3, 0.4) is 0 Å². The Labute approximate surface area is 153 Å². The van der Waals surface area contributed by atoms with E-state index in [-0.39, 0.29) is 18.2 Å². The van der Waals surface area contributed by atoms with Crippen LogP contribution in [-0.2, 0) is 22.4 Å². The van der Waals surface area contributed by atoms with Crippen molar-refractivity contribution in [1.29, 1.82) is 0 Å². The first-order chi connectivity index (χ1) is 12.0. The minimum Gasteiger partial charge on any atom is -0.325 e. The summed E-state index contributed by atoms with van der Waals surface area (Å²) < 4.78 is 0. The molecule has 0 heterocycles. The van der Waals surface area contributed by atoms with Crippen LogP contribution in [0.4, 0.5) is 11.4 Å². The van der Waals surface area contributed by atoms with E-state index in [0.29, 0.717) is 10.7 Å². The number of carbonyl (C=O) groups is 2. The summed E-state index contributed by atoms with van der Waals surface area (Å²) >= 11 is 6.05. The summed E-state index contributed by atoms with van der Waals surface area (Å²) in [7, 11) is 0. The van der Waals surface area contributed by atoms with Gasteiger partial charge in [-0.2, -0.15) is 0 Å². The minimum atomic E-state index is -0.366. The molecule has 0 radical (unpaired) electrons. The third kappa shape index (κ3) is 4.83.